The summed E-state index contributed by atoms with van der Waals surface area (Å²) in [4.78, 5) is 12.4. The Hall–Kier alpha value is -4.28. The number of ether oxygens (including phenoxy) is 1. The first kappa shape index (κ1) is 18.1. The third-order valence-corrected chi connectivity index (χ3v) is 4.50. The smallest absolute Gasteiger partial charge is 0.344 e. The van der Waals surface area contributed by atoms with Gasteiger partial charge in [-0.3, -0.25) is 0 Å². The van der Waals surface area contributed by atoms with Gasteiger partial charge < -0.3 is 9.15 Å². The van der Waals surface area contributed by atoms with Crippen molar-refractivity contribution in [1.82, 2.24) is 0 Å². The molecule has 0 saturated heterocycles. The summed E-state index contributed by atoms with van der Waals surface area (Å²) >= 11 is 0. The summed E-state index contributed by atoms with van der Waals surface area (Å²) in [5.74, 6) is 6.85. The lowest BCUT2D eigenvalue weighted by molar-refractivity contribution is 0.415. The fourth-order valence-corrected chi connectivity index (χ4v) is 2.94. The Balaban J connectivity index is 1.64. The van der Waals surface area contributed by atoms with Gasteiger partial charge in [0.1, 0.15) is 11.3 Å². The maximum atomic E-state index is 12.4. The van der Waals surface area contributed by atoms with Crippen molar-refractivity contribution in [2.24, 2.45) is 0 Å². The Bertz CT molecular complexity index is 1350. The van der Waals surface area contributed by atoms with Crippen LogP contribution in [0.4, 0.5) is 0 Å². The first-order valence-electron chi connectivity index (χ1n) is 8.91. The van der Waals surface area contributed by atoms with Gasteiger partial charge >= 0.3 is 5.63 Å². The quantitative estimate of drug-likeness (QED) is 0.374. The predicted molar refractivity (Wildman–Crippen MR) is 112 cm³/mol. The number of nitrogens with zero attached hydrogens (tertiary/aromatic N) is 1. The van der Waals surface area contributed by atoms with Crippen LogP contribution in [0.15, 0.2) is 82.0 Å². The Morgan fingerprint density at radius 2 is 1.45 bits per heavy atom. The lowest BCUT2D eigenvalue weighted by atomic mass is 10.0. The van der Waals surface area contributed by atoms with Crippen molar-refractivity contribution in [2.45, 2.75) is 0 Å². The van der Waals surface area contributed by atoms with Crippen molar-refractivity contribution < 1.29 is 9.15 Å². The monoisotopic (exact) mass is 377 g/mol. The van der Waals surface area contributed by atoms with Gasteiger partial charge in [-0.1, -0.05) is 24.0 Å². The molecule has 0 atom stereocenters. The van der Waals surface area contributed by atoms with Crippen LogP contribution in [0, 0.1) is 23.2 Å². The van der Waals surface area contributed by atoms with E-state index in [4.69, 9.17) is 14.4 Å². The number of methoxy groups -OCH3 is 1. The Morgan fingerprint density at radius 1 is 0.828 bits per heavy atom. The van der Waals surface area contributed by atoms with Crippen LogP contribution in [0.2, 0.25) is 0 Å². The zero-order valence-corrected chi connectivity index (χ0v) is 15.6. The normalized spacial score (nSPS) is 10.1. The summed E-state index contributed by atoms with van der Waals surface area (Å²) in [5.41, 5.74) is 3.63. The van der Waals surface area contributed by atoms with Crippen LogP contribution in [0.1, 0.15) is 16.7 Å². The minimum absolute atomic E-state index is 0.390. The molecule has 0 saturated carbocycles. The fourth-order valence-electron chi connectivity index (χ4n) is 2.94. The van der Waals surface area contributed by atoms with Crippen LogP contribution in [-0.4, -0.2) is 7.11 Å². The molecule has 0 radical (unpaired) electrons. The zero-order chi connectivity index (χ0) is 20.2. The molecule has 0 aliphatic carbocycles. The molecule has 29 heavy (non-hydrogen) atoms. The Morgan fingerprint density at radius 3 is 2.07 bits per heavy atom. The van der Waals surface area contributed by atoms with Gasteiger partial charge in [-0.2, -0.15) is 5.26 Å². The van der Waals surface area contributed by atoms with Crippen molar-refractivity contribution in [3.05, 3.63) is 99.9 Å². The topological polar surface area (TPSA) is 63.2 Å². The minimum atomic E-state index is -0.390. The summed E-state index contributed by atoms with van der Waals surface area (Å²) in [5, 5.41) is 9.63. The van der Waals surface area contributed by atoms with Gasteiger partial charge in [0.2, 0.25) is 0 Å². The Kier molecular flexibility index (Phi) is 4.84. The van der Waals surface area contributed by atoms with Crippen molar-refractivity contribution >= 4 is 11.0 Å². The lowest BCUT2D eigenvalue weighted by Gasteiger charge is -2.05. The molecule has 4 heteroatoms. The average molecular weight is 377 g/mol. The standard InChI is InChI=1S/C25H15NO3/c1-28-22-12-13-24-21(14-22)15-23(25(27)29-24)20-10-8-18(9-11-20)3-2-17-4-6-19(16-26)7-5-17/h4-15H,1H3. The van der Waals surface area contributed by atoms with E-state index in [1.54, 1.807) is 37.4 Å². The summed E-state index contributed by atoms with van der Waals surface area (Å²) in [6.45, 7) is 0. The summed E-state index contributed by atoms with van der Waals surface area (Å²) in [7, 11) is 1.60. The molecule has 0 amide bonds. The van der Waals surface area contributed by atoms with Crippen molar-refractivity contribution in [3.8, 4) is 34.8 Å². The molecule has 3 aromatic carbocycles. The average Bonchev–Trinajstić information content (AvgIpc) is 2.77. The molecule has 0 unspecified atom stereocenters. The summed E-state index contributed by atoms with van der Waals surface area (Å²) in [6.07, 6.45) is 0. The highest BCUT2D eigenvalue weighted by Gasteiger charge is 2.08. The number of hydrogen-bond donors (Lipinski definition) is 0. The molecule has 1 heterocycles. The van der Waals surface area contributed by atoms with E-state index in [9.17, 15) is 4.79 Å². The third kappa shape index (κ3) is 3.88. The van der Waals surface area contributed by atoms with Gasteiger partial charge in [-0.05, 0) is 66.2 Å². The second-order valence-corrected chi connectivity index (χ2v) is 6.37. The van der Waals surface area contributed by atoms with Gasteiger partial charge in [-0.15, -0.1) is 0 Å². The van der Waals surface area contributed by atoms with E-state index in [2.05, 4.69) is 17.9 Å². The molecular formula is C25H15NO3. The first-order chi connectivity index (χ1) is 14.2. The van der Waals surface area contributed by atoms with E-state index < -0.39 is 0 Å². The molecule has 138 valence electrons. The van der Waals surface area contributed by atoms with Crippen LogP contribution in [-0.2, 0) is 0 Å². The Labute approximate surface area is 167 Å². The highest BCUT2D eigenvalue weighted by atomic mass is 16.5. The number of fused-ring (bicyclic) bond motifs is 1. The summed E-state index contributed by atoms with van der Waals surface area (Å²) in [6, 6.07) is 23.7. The zero-order valence-electron chi connectivity index (χ0n) is 15.6. The van der Waals surface area contributed by atoms with Gasteiger partial charge in [0.05, 0.1) is 24.3 Å². The number of benzene rings is 3. The van der Waals surface area contributed by atoms with Crippen LogP contribution in [0.3, 0.4) is 0 Å². The van der Waals surface area contributed by atoms with E-state index in [0.717, 1.165) is 22.1 Å². The fraction of sp³-hybridized carbons (Fsp3) is 0.0400. The maximum absolute atomic E-state index is 12.4. The van der Waals surface area contributed by atoms with Gasteiger partial charge in [-0.25, -0.2) is 4.79 Å². The second-order valence-electron chi connectivity index (χ2n) is 6.37. The molecule has 1 aromatic heterocycles. The molecule has 0 spiro atoms. The van der Waals surface area contributed by atoms with Crippen LogP contribution in [0.5, 0.6) is 5.75 Å². The molecule has 0 aliphatic rings. The van der Waals surface area contributed by atoms with Gasteiger partial charge in [0, 0.05) is 16.5 Å². The van der Waals surface area contributed by atoms with Crippen molar-refractivity contribution in [1.29, 1.82) is 5.26 Å². The highest BCUT2D eigenvalue weighted by Crippen LogP contribution is 2.24. The van der Waals surface area contributed by atoms with E-state index in [-0.39, 0.29) is 5.63 Å². The van der Waals surface area contributed by atoms with E-state index in [0.29, 0.717) is 22.5 Å². The van der Waals surface area contributed by atoms with Crippen LogP contribution in [0.25, 0.3) is 22.1 Å². The maximum Gasteiger partial charge on any atom is 0.344 e. The molecule has 4 aromatic rings. The highest BCUT2D eigenvalue weighted by molar-refractivity contribution is 5.83. The van der Waals surface area contributed by atoms with Crippen molar-refractivity contribution in [3.63, 3.8) is 0 Å². The van der Waals surface area contributed by atoms with Crippen LogP contribution < -0.4 is 10.4 Å². The first-order valence-corrected chi connectivity index (χ1v) is 8.91. The third-order valence-electron chi connectivity index (χ3n) is 4.50. The minimum Gasteiger partial charge on any atom is -0.497 e. The van der Waals surface area contributed by atoms with Gasteiger partial charge in [0.15, 0.2) is 0 Å². The predicted octanol–water partition coefficient (Wildman–Crippen LogP) is 4.74. The van der Waals surface area contributed by atoms with Gasteiger partial charge in [0.25, 0.3) is 0 Å². The van der Waals surface area contributed by atoms with E-state index in [1.807, 2.05) is 42.5 Å². The number of rotatable bonds is 2. The summed E-state index contributed by atoms with van der Waals surface area (Å²) < 4.78 is 10.7. The molecule has 4 rings (SSSR count). The number of nitriles is 1. The lowest BCUT2D eigenvalue weighted by Crippen LogP contribution is -2.02. The van der Waals surface area contributed by atoms with E-state index in [1.165, 1.54) is 0 Å². The molecular weight excluding hydrogens is 362 g/mol. The van der Waals surface area contributed by atoms with Crippen LogP contribution >= 0.6 is 0 Å². The van der Waals surface area contributed by atoms with Crippen molar-refractivity contribution in [2.75, 3.05) is 7.11 Å². The molecule has 0 fully saturated rings. The largest absolute Gasteiger partial charge is 0.497 e. The molecule has 4 nitrogen and oxygen atoms in total. The van der Waals surface area contributed by atoms with E-state index >= 15 is 0 Å². The second kappa shape index (κ2) is 7.76. The SMILES string of the molecule is COc1ccc2oc(=O)c(-c3ccc(C#Cc4ccc(C#N)cc4)cc3)cc2c1. The molecule has 0 aliphatic heterocycles. The number of hydrogen-bond acceptors (Lipinski definition) is 4. The molecule has 0 N–H and O–H groups in total. The molecule has 0 bridgehead atoms.